The van der Waals surface area contributed by atoms with E-state index >= 15 is 0 Å². The second-order valence-corrected chi connectivity index (χ2v) is 5.14. The predicted molar refractivity (Wildman–Crippen MR) is 87.5 cm³/mol. The van der Waals surface area contributed by atoms with Crippen LogP contribution in [0.15, 0.2) is 55.0 Å². The number of carboxylic acid groups (broad SMARTS) is 1. The van der Waals surface area contributed by atoms with E-state index in [2.05, 4.69) is 15.4 Å². The second-order valence-electron chi connectivity index (χ2n) is 5.14. The van der Waals surface area contributed by atoms with Crippen LogP contribution in [-0.2, 0) is 0 Å². The van der Waals surface area contributed by atoms with E-state index < -0.39 is 5.97 Å². The number of carbonyl (C=O) groups excluding carboxylic acids is 1. The van der Waals surface area contributed by atoms with Crippen LogP contribution in [0.2, 0.25) is 0 Å². The molecule has 0 spiro atoms. The summed E-state index contributed by atoms with van der Waals surface area (Å²) < 4.78 is 1.69. The first-order valence-electron chi connectivity index (χ1n) is 7.16. The highest BCUT2D eigenvalue weighted by molar-refractivity contribution is 6.04. The van der Waals surface area contributed by atoms with Crippen LogP contribution < -0.4 is 5.32 Å². The van der Waals surface area contributed by atoms with E-state index in [1.165, 1.54) is 18.3 Å². The lowest BCUT2D eigenvalue weighted by Crippen LogP contribution is -2.14. The quantitative estimate of drug-likeness (QED) is 0.769. The first kappa shape index (κ1) is 15.4. The number of hydrogen-bond donors (Lipinski definition) is 2. The molecule has 3 rings (SSSR count). The van der Waals surface area contributed by atoms with E-state index in [0.717, 1.165) is 11.3 Å². The van der Waals surface area contributed by atoms with Crippen LogP contribution in [0.25, 0.3) is 5.69 Å². The van der Waals surface area contributed by atoms with Crippen molar-refractivity contribution >= 4 is 17.6 Å². The molecule has 0 aliphatic heterocycles. The van der Waals surface area contributed by atoms with Crippen LogP contribution in [0, 0.1) is 6.92 Å². The monoisotopic (exact) mass is 322 g/mol. The average molecular weight is 322 g/mol. The Bertz CT molecular complexity index is 887. The smallest absolute Gasteiger partial charge is 0.354 e. The van der Waals surface area contributed by atoms with Crippen molar-refractivity contribution in [3.8, 4) is 5.69 Å². The summed E-state index contributed by atoms with van der Waals surface area (Å²) in [6, 6.07) is 10.1. The van der Waals surface area contributed by atoms with E-state index in [-0.39, 0.29) is 17.2 Å². The van der Waals surface area contributed by atoms with Crippen molar-refractivity contribution in [3.05, 3.63) is 71.8 Å². The van der Waals surface area contributed by atoms with Gasteiger partial charge >= 0.3 is 5.97 Å². The van der Waals surface area contributed by atoms with Gasteiger partial charge in [-0.1, -0.05) is 6.07 Å². The number of anilines is 1. The van der Waals surface area contributed by atoms with E-state index in [1.54, 1.807) is 10.9 Å². The van der Waals surface area contributed by atoms with Gasteiger partial charge in [-0.3, -0.25) is 4.79 Å². The molecule has 0 saturated heterocycles. The molecule has 0 aliphatic carbocycles. The van der Waals surface area contributed by atoms with Gasteiger partial charge in [0.15, 0.2) is 0 Å². The number of carbonyl (C=O) groups is 2. The maximum absolute atomic E-state index is 12.3. The Morgan fingerprint density at radius 2 is 2.04 bits per heavy atom. The Balaban J connectivity index is 1.83. The Kier molecular flexibility index (Phi) is 4.07. The average Bonchev–Trinajstić information content (AvgIpc) is 3.11. The summed E-state index contributed by atoms with van der Waals surface area (Å²) in [6.07, 6.45) is 4.73. The molecule has 24 heavy (non-hydrogen) atoms. The van der Waals surface area contributed by atoms with Crippen molar-refractivity contribution in [3.63, 3.8) is 0 Å². The van der Waals surface area contributed by atoms with E-state index in [4.69, 9.17) is 5.11 Å². The number of aromatic carboxylic acids is 1. The molecule has 3 aromatic rings. The summed E-state index contributed by atoms with van der Waals surface area (Å²) in [6.45, 7) is 1.88. The van der Waals surface area contributed by atoms with Crippen LogP contribution in [0.5, 0.6) is 0 Å². The molecule has 0 fully saturated rings. The fourth-order valence-corrected chi connectivity index (χ4v) is 2.16. The molecule has 120 valence electrons. The highest BCUT2D eigenvalue weighted by atomic mass is 16.4. The van der Waals surface area contributed by atoms with Crippen LogP contribution in [0.4, 0.5) is 5.69 Å². The minimum atomic E-state index is -1.13. The molecule has 1 aromatic carbocycles. The van der Waals surface area contributed by atoms with Crippen molar-refractivity contribution in [2.24, 2.45) is 0 Å². The van der Waals surface area contributed by atoms with Crippen LogP contribution in [0.1, 0.15) is 26.4 Å². The van der Waals surface area contributed by atoms with Crippen molar-refractivity contribution in [2.45, 2.75) is 6.92 Å². The van der Waals surface area contributed by atoms with Gasteiger partial charge < -0.3 is 10.4 Å². The molecule has 7 heteroatoms. The van der Waals surface area contributed by atoms with Crippen LogP contribution in [-0.4, -0.2) is 31.7 Å². The molecule has 2 N–H and O–H groups in total. The lowest BCUT2D eigenvalue weighted by Gasteiger charge is -2.11. The first-order valence-corrected chi connectivity index (χ1v) is 7.16. The number of rotatable bonds is 4. The number of amides is 1. The van der Waals surface area contributed by atoms with E-state index in [9.17, 15) is 9.59 Å². The summed E-state index contributed by atoms with van der Waals surface area (Å²) in [5.74, 6) is -1.50. The number of aromatic nitrogens is 3. The lowest BCUT2D eigenvalue weighted by molar-refractivity contribution is 0.0690. The summed E-state index contributed by atoms with van der Waals surface area (Å²) in [5.41, 5.74) is 2.54. The normalized spacial score (nSPS) is 10.4. The minimum Gasteiger partial charge on any atom is -0.477 e. The standard InChI is InChI=1S/C17H14N4O3/c1-11-3-5-13(21-8-2-7-19-21)9-15(11)20-16(22)12-4-6-14(17(23)24)18-10-12/h2-10H,1H3,(H,20,22)(H,23,24). The molecular formula is C17H14N4O3. The Labute approximate surface area is 137 Å². The number of aryl methyl sites for hydroxylation is 1. The number of benzene rings is 1. The predicted octanol–water partition coefficient (Wildman–Crippen LogP) is 2.53. The molecule has 0 bridgehead atoms. The number of nitrogens with one attached hydrogen (secondary N) is 1. The highest BCUT2D eigenvalue weighted by Gasteiger charge is 2.11. The fraction of sp³-hybridized carbons (Fsp3) is 0.0588. The van der Waals surface area contributed by atoms with Crippen molar-refractivity contribution in [1.82, 2.24) is 14.8 Å². The SMILES string of the molecule is Cc1ccc(-n2cccn2)cc1NC(=O)c1ccc(C(=O)O)nc1. The molecule has 2 aromatic heterocycles. The third-order valence-electron chi connectivity index (χ3n) is 3.48. The summed E-state index contributed by atoms with van der Waals surface area (Å²) >= 11 is 0. The van der Waals surface area contributed by atoms with E-state index in [0.29, 0.717) is 5.69 Å². The summed E-state index contributed by atoms with van der Waals surface area (Å²) in [4.78, 5) is 26.9. The Morgan fingerprint density at radius 1 is 1.21 bits per heavy atom. The second kappa shape index (κ2) is 6.33. The third-order valence-corrected chi connectivity index (χ3v) is 3.48. The number of hydrogen-bond acceptors (Lipinski definition) is 4. The maximum atomic E-state index is 12.3. The van der Waals surface area contributed by atoms with Crippen LogP contribution >= 0.6 is 0 Å². The molecule has 0 radical (unpaired) electrons. The molecule has 0 aliphatic rings. The largest absolute Gasteiger partial charge is 0.477 e. The fourth-order valence-electron chi connectivity index (χ4n) is 2.16. The maximum Gasteiger partial charge on any atom is 0.354 e. The van der Waals surface area contributed by atoms with Gasteiger partial charge in [0.1, 0.15) is 5.69 Å². The van der Waals surface area contributed by atoms with Gasteiger partial charge in [-0.2, -0.15) is 5.10 Å². The Hall–Kier alpha value is -3.48. The van der Waals surface area contributed by atoms with Gasteiger partial charge in [-0.05, 0) is 42.8 Å². The van der Waals surface area contributed by atoms with Gasteiger partial charge in [0, 0.05) is 24.3 Å². The topological polar surface area (TPSA) is 97.1 Å². The minimum absolute atomic E-state index is 0.108. The highest BCUT2D eigenvalue weighted by Crippen LogP contribution is 2.20. The third kappa shape index (κ3) is 3.14. The molecule has 7 nitrogen and oxygen atoms in total. The van der Waals surface area contributed by atoms with Gasteiger partial charge in [-0.25, -0.2) is 14.5 Å². The molecule has 0 saturated carbocycles. The number of pyridine rings is 1. The van der Waals surface area contributed by atoms with Gasteiger partial charge in [0.2, 0.25) is 0 Å². The van der Waals surface area contributed by atoms with Crippen LogP contribution in [0.3, 0.4) is 0 Å². The first-order chi connectivity index (χ1) is 11.5. The number of carboxylic acids is 1. The van der Waals surface area contributed by atoms with Crippen molar-refractivity contribution < 1.29 is 14.7 Å². The Morgan fingerprint density at radius 3 is 2.67 bits per heavy atom. The van der Waals surface area contributed by atoms with Crippen molar-refractivity contribution in [2.75, 3.05) is 5.32 Å². The molecular weight excluding hydrogens is 308 g/mol. The molecule has 2 heterocycles. The zero-order valence-electron chi connectivity index (χ0n) is 12.8. The van der Waals surface area contributed by atoms with Gasteiger partial charge in [-0.15, -0.1) is 0 Å². The lowest BCUT2D eigenvalue weighted by atomic mass is 10.1. The zero-order valence-corrected chi connectivity index (χ0v) is 12.8. The number of nitrogens with zero attached hydrogens (tertiary/aromatic N) is 3. The van der Waals surface area contributed by atoms with Gasteiger partial charge in [0.25, 0.3) is 5.91 Å². The summed E-state index contributed by atoms with van der Waals surface area (Å²) in [7, 11) is 0. The van der Waals surface area contributed by atoms with E-state index in [1.807, 2.05) is 37.4 Å². The van der Waals surface area contributed by atoms with Gasteiger partial charge in [0.05, 0.1) is 11.3 Å². The molecule has 0 atom stereocenters. The summed E-state index contributed by atoms with van der Waals surface area (Å²) in [5, 5.41) is 15.8. The van der Waals surface area contributed by atoms with Crippen molar-refractivity contribution in [1.29, 1.82) is 0 Å². The molecule has 1 amide bonds. The molecule has 0 unspecified atom stereocenters. The zero-order chi connectivity index (χ0) is 17.1.